The predicted molar refractivity (Wildman–Crippen MR) is 155 cm³/mol. The fourth-order valence-electron chi connectivity index (χ4n) is 5.18. The molecule has 2 heterocycles. The molecule has 0 unspecified atom stereocenters. The number of nitrogens with one attached hydrogen (secondary N) is 1. The zero-order valence-corrected chi connectivity index (χ0v) is 23.2. The summed E-state index contributed by atoms with van der Waals surface area (Å²) in [5.41, 5.74) is 6.74. The molecule has 4 aromatic rings. The summed E-state index contributed by atoms with van der Waals surface area (Å²) >= 11 is 0. The Morgan fingerprint density at radius 3 is 2.31 bits per heavy atom. The van der Waals surface area contributed by atoms with Crippen LogP contribution < -0.4 is 5.32 Å². The van der Waals surface area contributed by atoms with Gasteiger partial charge in [-0.25, -0.2) is 9.78 Å². The number of hydrogen-bond acceptors (Lipinski definition) is 4. The summed E-state index contributed by atoms with van der Waals surface area (Å²) in [6, 6.07) is 20.6. The van der Waals surface area contributed by atoms with E-state index in [4.69, 9.17) is 9.72 Å². The van der Waals surface area contributed by atoms with Gasteiger partial charge in [0.2, 0.25) is 0 Å². The Morgan fingerprint density at radius 1 is 1.03 bits per heavy atom. The number of ketones is 1. The number of ether oxygens (including phenoxy) is 1. The van der Waals surface area contributed by atoms with Crippen LogP contribution in [0.15, 0.2) is 72.9 Å². The van der Waals surface area contributed by atoms with Crippen LogP contribution in [0.5, 0.6) is 0 Å². The Bertz CT molecular complexity index is 1550. The number of amides is 1. The van der Waals surface area contributed by atoms with Gasteiger partial charge in [0, 0.05) is 22.9 Å². The van der Waals surface area contributed by atoms with Gasteiger partial charge in [-0.05, 0) is 83.2 Å². The summed E-state index contributed by atoms with van der Waals surface area (Å²) in [5, 5.41) is 3.14. The molecular formula is C33H35N3O3. The van der Waals surface area contributed by atoms with Crippen LogP contribution >= 0.6 is 0 Å². The molecule has 6 nitrogen and oxygen atoms in total. The van der Waals surface area contributed by atoms with E-state index in [1.54, 1.807) is 13.0 Å². The molecule has 0 saturated heterocycles. The normalized spacial score (nSPS) is 14.8. The lowest BCUT2D eigenvalue weighted by Crippen LogP contribution is -2.52. The lowest BCUT2D eigenvalue weighted by atomic mass is 9.71. The van der Waals surface area contributed by atoms with Gasteiger partial charge >= 0.3 is 6.09 Å². The van der Waals surface area contributed by atoms with Gasteiger partial charge in [0.1, 0.15) is 11.2 Å². The fraction of sp³-hybridized carbons (Fsp3) is 0.303. The maximum atomic E-state index is 12.6. The van der Waals surface area contributed by atoms with Gasteiger partial charge in [-0.2, -0.15) is 0 Å². The third-order valence-corrected chi connectivity index (χ3v) is 7.09. The Morgan fingerprint density at radius 2 is 1.72 bits per heavy atom. The molecule has 200 valence electrons. The third-order valence-electron chi connectivity index (χ3n) is 7.09. The second kappa shape index (κ2) is 10.2. The van der Waals surface area contributed by atoms with Crippen LogP contribution in [0, 0.1) is 6.92 Å². The van der Waals surface area contributed by atoms with E-state index in [-0.39, 0.29) is 11.9 Å². The van der Waals surface area contributed by atoms with Crippen molar-refractivity contribution < 1.29 is 14.3 Å². The Labute approximate surface area is 229 Å². The molecule has 1 amide bonds. The molecule has 1 N–H and O–H groups in total. The zero-order chi connectivity index (χ0) is 27.8. The van der Waals surface area contributed by atoms with Crippen molar-refractivity contribution >= 4 is 23.6 Å². The Balaban J connectivity index is 1.58. The fourth-order valence-corrected chi connectivity index (χ4v) is 5.18. The number of carbonyl (C=O) groups excluding carboxylic acids is 2. The van der Waals surface area contributed by atoms with Gasteiger partial charge in [-0.15, -0.1) is 0 Å². The van der Waals surface area contributed by atoms with E-state index in [9.17, 15) is 9.59 Å². The van der Waals surface area contributed by atoms with Crippen LogP contribution in [-0.2, 0) is 15.1 Å². The molecule has 1 fully saturated rings. The zero-order valence-electron chi connectivity index (χ0n) is 23.2. The standard InChI is InChI=1S/C33H35N3O3/c1-22-20-26(13-12-23(2)37)30-34-28(29(36(30)21-22)25-10-7-6-8-11-25)24-14-16-27(17-15-24)33(18-9-19-33)35-31(38)39-32(3,4)5/h6-8,10-17,20-21H,9,18-19H2,1-5H3,(H,35,38)/b13-12+. The van der Waals surface area contributed by atoms with Crippen LogP contribution in [0.25, 0.3) is 34.2 Å². The second-order valence-corrected chi connectivity index (χ2v) is 11.4. The lowest BCUT2D eigenvalue weighted by Gasteiger charge is -2.43. The van der Waals surface area contributed by atoms with Crippen molar-refractivity contribution in [1.82, 2.24) is 14.7 Å². The molecule has 0 spiro atoms. The van der Waals surface area contributed by atoms with E-state index in [0.717, 1.165) is 64.1 Å². The summed E-state index contributed by atoms with van der Waals surface area (Å²) < 4.78 is 7.66. The van der Waals surface area contributed by atoms with Crippen molar-refractivity contribution in [3.05, 3.63) is 89.6 Å². The van der Waals surface area contributed by atoms with E-state index in [0.29, 0.717) is 0 Å². The number of fused-ring (bicyclic) bond motifs is 1. The van der Waals surface area contributed by atoms with E-state index < -0.39 is 11.1 Å². The summed E-state index contributed by atoms with van der Waals surface area (Å²) in [7, 11) is 0. The number of aryl methyl sites for hydroxylation is 1. The second-order valence-electron chi connectivity index (χ2n) is 11.4. The van der Waals surface area contributed by atoms with Crippen LogP contribution in [0.4, 0.5) is 4.79 Å². The maximum absolute atomic E-state index is 12.6. The van der Waals surface area contributed by atoms with Crippen LogP contribution in [0.2, 0.25) is 0 Å². The monoisotopic (exact) mass is 521 g/mol. The molecule has 0 atom stereocenters. The molecule has 5 rings (SSSR count). The third kappa shape index (κ3) is 5.51. The topological polar surface area (TPSA) is 72.7 Å². The van der Waals surface area contributed by atoms with Gasteiger partial charge in [-0.1, -0.05) is 54.6 Å². The Hall–Kier alpha value is -4.19. The quantitative estimate of drug-likeness (QED) is 0.267. The van der Waals surface area contributed by atoms with Crippen molar-refractivity contribution in [3.8, 4) is 22.5 Å². The summed E-state index contributed by atoms with van der Waals surface area (Å²) in [6.45, 7) is 9.21. The molecule has 2 aromatic carbocycles. The maximum Gasteiger partial charge on any atom is 0.408 e. The van der Waals surface area contributed by atoms with Gasteiger partial charge in [0.05, 0.1) is 16.9 Å². The average Bonchev–Trinajstić information content (AvgIpc) is 3.23. The number of allylic oxidation sites excluding steroid dienone is 1. The van der Waals surface area contributed by atoms with Crippen molar-refractivity contribution in [2.75, 3.05) is 0 Å². The van der Waals surface area contributed by atoms with E-state index >= 15 is 0 Å². The number of carbonyl (C=O) groups is 2. The largest absolute Gasteiger partial charge is 0.444 e. The summed E-state index contributed by atoms with van der Waals surface area (Å²) in [5.74, 6) is -0.00905. The first-order valence-electron chi connectivity index (χ1n) is 13.4. The number of nitrogens with zero attached hydrogens (tertiary/aromatic N) is 2. The molecule has 1 saturated carbocycles. The van der Waals surface area contributed by atoms with E-state index in [2.05, 4.69) is 52.3 Å². The number of benzene rings is 2. The molecular weight excluding hydrogens is 486 g/mol. The summed E-state index contributed by atoms with van der Waals surface area (Å²) in [6.07, 6.45) is 7.91. The average molecular weight is 522 g/mol. The predicted octanol–water partition coefficient (Wildman–Crippen LogP) is 7.48. The first-order valence-corrected chi connectivity index (χ1v) is 13.4. The summed E-state index contributed by atoms with van der Waals surface area (Å²) in [4.78, 5) is 29.4. The lowest BCUT2D eigenvalue weighted by molar-refractivity contribution is -0.112. The number of alkyl carbamates (subject to hydrolysis) is 1. The molecule has 39 heavy (non-hydrogen) atoms. The minimum atomic E-state index is -0.549. The van der Waals surface area contributed by atoms with Crippen LogP contribution in [0.3, 0.4) is 0 Å². The SMILES string of the molecule is CC(=O)/C=C/c1cc(C)cn2c(-c3ccccc3)c(-c3ccc(C4(NC(=O)OC(C)(C)C)CCC4)cc3)nc12. The van der Waals surface area contributed by atoms with Crippen molar-refractivity contribution in [3.63, 3.8) is 0 Å². The highest BCUT2D eigenvalue weighted by atomic mass is 16.6. The first-order chi connectivity index (χ1) is 18.5. The number of imidazole rings is 1. The highest BCUT2D eigenvalue weighted by Crippen LogP contribution is 2.42. The minimum Gasteiger partial charge on any atom is -0.444 e. The van der Waals surface area contributed by atoms with Crippen molar-refractivity contribution in [2.45, 2.75) is 65.0 Å². The Kier molecular flexibility index (Phi) is 6.89. The molecule has 0 radical (unpaired) electrons. The van der Waals surface area contributed by atoms with E-state index in [1.807, 2.05) is 58.0 Å². The number of hydrogen-bond donors (Lipinski definition) is 1. The molecule has 0 bridgehead atoms. The number of aromatic nitrogens is 2. The van der Waals surface area contributed by atoms with Crippen LogP contribution in [-0.4, -0.2) is 26.9 Å². The highest BCUT2D eigenvalue weighted by Gasteiger charge is 2.41. The molecule has 6 heteroatoms. The highest BCUT2D eigenvalue weighted by molar-refractivity contribution is 5.93. The van der Waals surface area contributed by atoms with E-state index in [1.165, 1.54) is 0 Å². The van der Waals surface area contributed by atoms with Gasteiger partial charge in [0.25, 0.3) is 0 Å². The van der Waals surface area contributed by atoms with Gasteiger partial charge in [0.15, 0.2) is 5.78 Å². The number of rotatable bonds is 6. The van der Waals surface area contributed by atoms with Gasteiger partial charge in [-0.3, -0.25) is 9.20 Å². The van der Waals surface area contributed by atoms with Crippen molar-refractivity contribution in [1.29, 1.82) is 0 Å². The van der Waals surface area contributed by atoms with Crippen molar-refractivity contribution in [2.24, 2.45) is 0 Å². The molecule has 2 aromatic heterocycles. The molecule has 0 aliphatic heterocycles. The smallest absolute Gasteiger partial charge is 0.408 e. The minimum absolute atomic E-state index is 0.00905. The first kappa shape index (κ1) is 26.4. The number of pyridine rings is 1. The van der Waals surface area contributed by atoms with Crippen LogP contribution in [0.1, 0.15) is 63.6 Å². The molecule has 1 aliphatic rings. The molecule has 1 aliphatic carbocycles. The van der Waals surface area contributed by atoms with Gasteiger partial charge < -0.3 is 10.1 Å².